The standard InChI is InChI=1S/C16H26FN5.2H2/c1-2-11(16(18)21-22-19)9-15-10-13(7-8-20-15)12-3-5-14(17)6-4-12;;/h3,5,11,13,15,20H,2,4,6-10H2,1H3,(H3,18,19,21);2*1H/t11-,13+,15-;;/m0../s1. The summed E-state index contributed by atoms with van der Waals surface area (Å²) >= 11 is 0. The van der Waals surface area contributed by atoms with Gasteiger partial charge in [0.15, 0.2) is 0 Å². The lowest BCUT2D eigenvalue weighted by atomic mass is 9.80. The van der Waals surface area contributed by atoms with Crippen molar-refractivity contribution in [3.63, 3.8) is 0 Å². The van der Waals surface area contributed by atoms with Gasteiger partial charge in [-0.25, -0.2) is 4.39 Å². The minimum absolute atomic E-state index is 0. The van der Waals surface area contributed by atoms with Crippen molar-refractivity contribution in [3.05, 3.63) is 23.6 Å². The number of nitrogens with two attached hydrogens (primary N) is 1. The molecule has 22 heavy (non-hydrogen) atoms. The Kier molecular flexibility index (Phi) is 6.24. The Morgan fingerprint density at radius 3 is 3.00 bits per heavy atom. The summed E-state index contributed by atoms with van der Waals surface area (Å²) in [4.78, 5) is 0. The van der Waals surface area contributed by atoms with Gasteiger partial charge in [-0.05, 0) is 50.6 Å². The lowest BCUT2D eigenvalue weighted by Crippen LogP contribution is -2.40. The van der Waals surface area contributed by atoms with Crippen molar-refractivity contribution in [3.8, 4) is 0 Å². The van der Waals surface area contributed by atoms with Gasteiger partial charge in [0.1, 0.15) is 11.7 Å². The number of amidine groups is 1. The van der Waals surface area contributed by atoms with Gasteiger partial charge in [-0.15, -0.1) is 5.11 Å². The third-order valence-corrected chi connectivity index (χ3v) is 4.76. The Bertz CT molecular complexity index is 493. The molecule has 1 saturated heterocycles. The van der Waals surface area contributed by atoms with Gasteiger partial charge in [0, 0.05) is 21.2 Å². The highest BCUT2D eigenvalue weighted by Gasteiger charge is 2.27. The van der Waals surface area contributed by atoms with Crippen LogP contribution < -0.4 is 11.2 Å². The molecule has 5 nitrogen and oxygen atoms in total. The predicted molar refractivity (Wildman–Crippen MR) is 90.4 cm³/mol. The number of rotatable bonds is 5. The van der Waals surface area contributed by atoms with Crippen molar-refractivity contribution >= 4 is 5.84 Å². The molecule has 2 rings (SSSR count). The van der Waals surface area contributed by atoms with Gasteiger partial charge >= 0.3 is 0 Å². The van der Waals surface area contributed by atoms with E-state index >= 15 is 0 Å². The molecule has 1 aliphatic heterocycles. The Balaban J connectivity index is 0.00000264. The summed E-state index contributed by atoms with van der Waals surface area (Å²) in [7, 11) is 0. The van der Waals surface area contributed by atoms with E-state index in [9.17, 15) is 4.39 Å². The number of hydrogen-bond acceptors (Lipinski definition) is 3. The third-order valence-electron chi connectivity index (χ3n) is 4.76. The van der Waals surface area contributed by atoms with Crippen LogP contribution >= 0.6 is 0 Å². The monoisotopic (exact) mass is 311 g/mol. The van der Waals surface area contributed by atoms with Crippen molar-refractivity contribution in [2.75, 3.05) is 6.54 Å². The number of allylic oxidation sites excluding steroid dienone is 4. The van der Waals surface area contributed by atoms with E-state index in [2.05, 4.69) is 22.6 Å². The molecule has 0 aromatic heterocycles. The van der Waals surface area contributed by atoms with Crippen LogP contribution in [0.1, 0.15) is 48.3 Å². The first-order valence-electron chi connectivity index (χ1n) is 8.11. The van der Waals surface area contributed by atoms with E-state index in [-0.39, 0.29) is 20.4 Å². The molecule has 0 amide bonds. The molecule has 0 aromatic rings. The number of nitrogens with zero attached hydrogens (tertiary/aromatic N) is 2. The summed E-state index contributed by atoms with van der Waals surface area (Å²) in [6, 6.07) is 0.369. The fourth-order valence-electron chi connectivity index (χ4n) is 3.45. The van der Waals surface area contributed by atoms with E-state index in [0.717, 1.165) is 38.6 Å². The van der Waals surface area contributed by atoms with Crippen molar-refractivity contribution < 1.29 is 7.24 Å². The minimum Gasteiger partial charge on any atom is -0.314 e. The van der Waals surface area contributed by atoms with E-state index in [0.29, 0.717) is 18.4 Å². The molecule has 126 valence electrons. The molecule has 0 unspecified atom stereocenters. The maximum atomic E-state index is 13.1. The van der Waals surface area contributed by atoms with Gasteiger partial charge in [-0.2, -0.15) is 0 Å². The maximum absolute atomic E-state index is 13.1. The van der Waals surface area contributed by atoms with Crippen molar-refractivity contribution in [2.24, 2.45) is 28.0 Å². The molecule has 2 aliphatic rings. The summed E-state index contributed by atoms with van der Waals surface area (Å²) in [5.74, 6) is 5.90. The molecule has 0 aromatic carbocycles. The lowest BCUT2D eigenvalue weighted by molar-refractivity contribution is 0.297. The fraction of sp³-hybridized carbons (Fsp3) is 0.688. The van der Waals surface area contributed by atoms with Gasteiger partial charge in [-0.3, -0.25) is 5.41 Å². The SMILES string of the molecule is CC[C@@H](C[C@H]1C[C@H](C2=CC=C(F)CC2)CCN1)C(=N)N=NN.[HH].[HH]. The van der Waals surface area contributed by atoms with Crippen molar-refractivity contribution in [1.29, 1.82) is 5.41 Å². The second kappa shape index (κ2) is 8.17. The molecule has 3 atom stereocenters. The first-order valence-corrected chi connectivity index (χ1v) is 8.11. The van der Waals surface area contributed by atoms with Crippen molar-refractivity contribution in [1.82, 2.24) is 5.32 Å². The zero-order chi connectivity index (χ0) is 15.9. The van der Waals surface area contributed by atoms with E-state index < -0.39 is 0 Å². The highest BCUT2D eigenvalue weighted by molar-refractivity contribution is 5.81. The Hall–Kier alpha value is -1.56. The second-order valence-corrected chi connectivity index (χ2v) is 6.17. The van der Waals surface area contributed by atoms with Crippen LogP contribution in [0.3, 0.4) is 0 Å². The molecule has 1 aliphatic carbocycles. The Morgan fingerprint density at radius 2 is 2.36 bits per heavy atom. The smallest absolute Gasteiger partial charge is 0.148 e. The molecular formula is C16H30FN5. The fourth-order valence-corrected chi connectivity index (χ4v) is 3.45. The summed E-state index contributed by atoms with van der Waals surface area (Å²) < 4.78 is 13.1. The quantitative estimate of drug-likeness (QED) is 0.234. The Labute approximate surface area is 134 Å². The van der Waals surface area contributed by atoms with Crippen molar-refractivity contribution in [2.45, 2.75) is 51.5 Å². The first-order chi connectivity index (χ1) is 10.6. The minimum atomic E-state index is -0.0131. The first kappa shape index (κ1) is 16.8. The Morgan fingerprint density at radius 1 is 1.55 bits per heavy atom. The third kappa shape index (κ3) is 4.47. The van der Waals surface area contributed by atoms with Gasteiger partial charge in [-0.1, -0.05) is 23.8 Å². The van der Waals surface area contributed by atoms with E-state index in [1.807, 2.05) is 6.08 Å². The van der Waals surface area contributed by atoms with E-state index in [1.54, 1.807) is 6.08 Å². The van der Waals surface area contributed by atoms with Crippen LogP contribution in [-0.4, -0.2) is 18.4 Å². The number of nitrogens with one attached hydrogen (secondary N) is 2. The molecule has 4 N–H and O–H groups in total. The van der Waals surface area contributed by atoms with Gasteiger partial charge in [0.2, 0.25) is 0 Å². The molecular weight excluding hydrogens is 281 g/mol. The highest BCUT2D eigenvalue weighted by atomic mass is 19.1. The predicted octanol–water partition coefficient (Wildman–Crippen LogP) is 4.14. The normalized spacial score (nSPS) is 27.4. The van der Waals surface area contributed by atoms with Gasteiger partial charge in [0.05, 0.1) is 0 Å². The van der Waals surface area contributed by atoms with Crippen LogP contribution in [0, 0.1) is 17.2 Å². The van der Waals surface area contributed by atoms with Crippen LogP contribution in [0.15, 0.2) is 33.9 Å². The number of piperidine rings is 1. The molecule has 0 bridgehead atoms. The zero-order valence-electron chi connectivity index (χ0n) is 13.2. The second-order valence-electron chi connectivity index (χ2n) is 6.17. The topological polar surface area (TPSA) is 86.6 Å². The molecule has 0 radical (unpaired) electrons. The summed E-state index contributed by atoms with van der Waals surface area (Å²) in [6.07, 6.45) is 8.85. The zero-order valence-corrected chi connectivity index (χ0v) is 13.2. The van der Waals surface area contributed by atoms with Gasteiger partial charge < -0.3 is 11.2 Å². The lowest BCUT2D eigenvalue weighted by Gasteiger charge is -2.34. The number of halogens is 1. The molecule has 1 heterocycles. The van der Waals surface area contributed by atoms with Gasteiger partial charge in [0.25, 0.3) is 0 Å². The van der Waals surface area contributed by atoms with Crippen LogP contribution in [0.2, 0.25) is 0 Å². The molecule has 0 saturated carbocycles. The summed E-state index contributed by atoms with van der Waals surface area (Å²) in [6.45, 7) is 3.03. The average molecular weight is 311 g/mol. The number of hydrogen-bond donors (Lipinski definition) is 3. The van der Waals surface area contributed by atoms with E-state index in [1.165, 1.54) is 5.57 Å². The van der Waals surface area contributed by atoms with Crippen LogP contribution in [0.25, 0.3) is 0 Å². The van der Waals surface area contributed by atoms with Crippen LogP contribution in [-0.2, 0) is 0 Å². The van der Waals surface area contributed by atoms with Crippen LogP contribution in [0.5, 0.6) is 0 Å². The largest absolute Gasteiger partial charge is 0.314 e. The summed E-state index contributed by atoms with van der Waals surface area (Å²) in [5, 5.41) is 18.3. The van der Waals surface area contributed by atoms with Crippen LogP contribution in [0.4, 0.5) is 4.39 Å². The average Bonchev–Trinajstić information content (AvgIpc) is 2.53. The maximum Gasteiger partial charge on any atom is 0.148 e. The highest BCUT2D eigenvalue weighted by Crippen LogP contribution is 2.33. The molecule has 0 spiro atoms. The molecule has 6 heteroatoms. The van der Waals surface area contributed by atoms with E-state index in [4.69, 9.17) is 11.3 Å². The summed E-state index contributed by atoms with van der Waals surface area (Å²) in [5.41, 5.74) is 1.37. The molecule has 1 fully saturated rings.